The smallest absolute Gasteiger partial charge is 0.135 e. The van der Waals surface area contributed by atoms with Crippen LogP contribution in [0.3, 0.4) is 0 Å². The van der Waals surface area contributed by atoms with E-state index in [0.717, 1.165) is 5.69 Å². The Kier molecular flexibility index (Phi) is 5.46. The molecule has 2 aromatic carbocycles. The SMILES string of the molecule is Cc1ccc(N/C(C=C(N)N=C(N)c2ccccc2N)=C/N)cc1. The maximum absolute atomic E-state index is 5.96. The molecule has 0 fully saturated rings. The molecule has 0 atom stereocenters. The quantitative estimate of drug-likeness (QED) is 0.249. The lowest BCUT2D eigenvalue weighted by Gasteiger charge is -2.08. The summed E-state index contributed by atoms with van der Waals surface area (Å²) in [7, 11) is 0. The van der Waals surface area contributed by atoms with Crippen molar-refractivity contribution in [3.63, 3.8) is 0 Å². The van der Waals surface area contributed by atoms with Crippen molar-refractivity contribution in [2.75, 3.05) is 11.1 Å². The molecule has 6 nitrogen and oxygen atoms in total. The predicted octanol–water partition coefficient (Wildman–Crippen LogP) is 1.99. The van der Waals surface area contributed by atoms with Crippen LogP contribution < -0.4 is 28.3 Å². The van der Waals surface area contributed by atoms with Crippen molar-refractivity contribution in [1.82, 2.24) is 0 Å². The lowest BCUT2D eigenvalue weighted by atomic mass is 10.1. The number of hydrogen-bond donors (Lipinski definition) is 5. The van der Waals surface area contributed by atoms with Gasteiger partial charge in [-0.1, -0.05) is 29.8 Å². The average Bonchev–Trinajstić information content (AvgIpc) is 2.56. The van der Waals surface area contributed by atoms with Crippen molar-refractivity contribution in [3.8, 4) is 0 Å². The van der Waals surface area contributed by atoms with Crippen LogP contribution in [-0.2, 0) is 0 Å². The van der Waals surface area contributed by atoms with E-state index in [1.807, 2.05) is 43.3 Å². The lowest BCUT2D eigenvalue weighted by molar-refractivity contribution is 1.21. The number of nitrogen functional groups attached to an aromatic ring is 1. The van der Waals surface area contributed by atoms with E-state index in [4.69, 9.17) is 22.9 Å². The summed E-state index contributed by atoms with van der Waals surface area (Å²) in [5.41, 5.74) is 27.3. The molecular formula is C18H22N6. The summed E-state index contributed by atoms with van der Waals surface area (Å²) >= 11 is 0. The fraction of sp³-hybridized carbons (Fsp3) is 0.0556. The number of rotatable bonds is 5. The van der Waals surface area contributed by atoms with E-state index in [0.29, 0.717) is 16.9 Å². The van der Waals surface area contributed by atoms with Gasteiger partial charge in [-0.3, -0.25) is 0 Å². The highest BCUT2D eigenvalue weighted by atomic mass is 15.0. The third-order valence-electron chi connectivity index (χ3n) is 3.31. The van der Waals surface area contributed by atoms with Gasteiger partial charge >= 0.3 is 0 Å². The van der Waals surface area contributed by atoms with E-state index in [-0.39, 0.29) is 11.7 Å². The van der Waals surface area contributed by atoms with Gasteiger partial charge in [0.15, 0.2) is 0 Å². The van der Waals surface area contributed by atoms with Gasteiger partial charge in [0.1, 0.15) is 11.7 Å². The Balaban J connectivity index is 2.17. The second-order valence-corrected chi connectivity index (χ2v) is 5.27. The highest BCUT2D eigenvalue weighted by molar-refractivity contribution is 6.02. The molecule has 0 saturated heterocycles. The van der Waals surface area contributed by atoms with E-state index < -0.39 is 0 Å². The molecule has 0 aliphatic rings. The molecule has 6 heteroatoms. The van der Waals surface area contributed by atoms with Gasteiger partial charge < -0.3 is 28.3 Å². The maximum atomic E-state index is 5.96. The Morgan fingerprint density at radius 1 is 1.04 bits per heavy atom. The van der Waals surface area contributed by atoms with Gasteiger partial charge in [-0.05, 0) is 31.2 Å². The lowest BCUT2D eigenvalue weighted by Crippen LogP contribution is -2.17. The number of amidine groups is 1. The van der Waals surface area contributed by atoms with Gasteiger partial charge in [-0.25, -0.2) is 4.99 Å². The van der Waals surface area contributed by atoms with Crippen LogP contribution in [0.25, 0.3) is 0 Å². The van der Waals surface area contributed by atoms with Crippen molar-refractivity contribution >= 4 is 17.2 Å². The zero-order valence-corrected chi connectivity index (χ0v) is 13.5. The molecule has 0 amide bonds. The summed E-state index contributed by atoms with van der Waals surface area (Å²) in [6.07, 6.45) is 3.02. The van der Waals surface area contributed by atoms with Crippen LogP contribution in [0.4, 0.5) is 11.4 Å². The number of hydrogen-bond acceptors (Lipinski definition) is 5. The number of aliphatic imine (C=N–C) groups is 1. The number of para-hydroxylation sites is 1. The third-order valence-corrected chi connectivity index (χ3v) is 3.31. The zero-order chi connectivity index (χ0) is 17.5. The van der Waals surface area contributed by atoms with Crippen LogP contribution >= 0.6 is 0 Å². The van der Waals surface area contributed by atoms with Gasteiger partial charge in [0, 0.05) is 29.2 Å². The van der Waals surface area contributed by atoms with E-state index >= 15 is 0 Å². The van der Waals surface area contributed by atoms with Gasteiger partial charge in [0.05, 0.1) is 5.70 Å². The predicted molar refractivity (Wildman–Crippen MR) is 101 cm³/mol. The highest BCUT2D eigenvalue weighted by Gasteiger charge is 2.03. The third kappa shape index (κ3) is 4.54. The summed E-state index contributed by atoms with van der Waals surface area (Å²) in [6.45, 7) is 2.02. The molecule has 0 spiro atoms. The topological polar surface area (TPSA) is 128 Å². The van der Waals surface area contributed by atoms with Crippen molar-refractivity contribution in [2.45, 2.75) is 6.92 Å². The molecule has 0 heterocycles. The van der Waals surface area contributed by atoms with Crippen LogP contribution in [0.15, 0.2) is 77.3 Å². The van der Waals surface area contributed by atoms with Gasteiger partial charge in [-0.15, -0.1) is 0 Å². The number of anilines is 2. The molecule has 0 saturated carbocycles. The first kappa shape index (κ1) is 17.0. The minimum absolute atomic E-state index is 0.215. The van der Waals surface area contributed by atoms with E-state index in [1.54, 1.807) is 18.2 Å². The molecule has 0 aromatic heterocycles. The summed E-state index contributed by atoms with van der Waals surface area (Å²) in [4.78, 5) is 4.17. The molecule has 0 bridgehead atoms. The minimum atomic E-state index is 0.215. The highest BCUT2D eigenvalue weighted by Crippen LogP contribution is 2.13. The molecule has 24 heavy (non-hydrogen) atoms. The second kappa shape index (κ2) is 7.73. The minimum Gasteiger partial charge on any atom is -0.403 e. The van der Waals surface area contributed by atoms with Crippen LogP contribution in [0.1, 0.15) is 11.1 Å². The summed E-state index contributed by atoms with van der Waals surface area (Å²) < 4.78 is 0. The first-order chi connectivity index (χ1) is 11.5. The maximum Gasteiger partial charge on any atom is 0.135 e. The first-order valence-electron chi connectivity index (χ1n) is 7.41. The molecule has 2 rings (SSSR count). The Morgan fingerprint density at radius 3 is 2.33 bits per heavy atom. The number of nitrogens with zero attached hydrogens (tertiary/aromatic N) is 1. The van der Waals surface area contributed by atoms with Crippen molar-refractivity contribution in [2.24, 2.45) is 22.2 Å². The molecule has 0 radical (unpaired) electrons. The Hall–Kier alpha value is -3.41. The normalized spacial score (nSPS) is 13.0. The van der Waals surface area contributed by atoms with Gasteiger partial charge in [-0.2, -0.15) is 0 Å². The van der Waals surface area contributed by atoms with E-state index in [1.165, 1.54) is 11.8 Å². The summed E-state index contributed by atoms with van der Waals surface area (Å²) in [6, 6.07) is 15.1. The Bertz CT molecular complexity index is 787. The Labute approximate surface area is 141 Å². The van der Waals surface area contributed by atoms with E-state index in [9.17, 15) is 0 Å². The Morgan fingerprint density at radius 2 is 1.71 bits per heavy atom. The molecule has 0 unspecified atom stereocenters. The fourth-order valence-electron chi connectivity index (χ4n) is 2.05. The second-order valence-electron chi connectivity index (χ2n) is 5.27. The van der Waals surface area contributed by atoms with Crippen molar-refractivity contribution in [3.05, 3.63) is 83.5 Å². The monoisotopic (exact) mass is 322 g/mol. The van der Waals surface area contributed by atoms with Crippen LogP contribution in [0.2, 0.25) is 0 Å². The first-order valence-corrected chi connectivity index (χ1v) is 7.41. The van der Waals surface area contributed by atoms with Gasteiger partial charge in [0.2, 0.25) is 0 Å². The average molecular weight is 322 g/mol. The zero-order valence-electron chi connectivity index (χ0n) is 13.5. The van der Waals surface area contributed by atoms with Crippen molar-refractivity contribution in [1.29, 1.82) is 0 Å². The number of nitrogens with two attached hydrogens (primary N) is 4. The molecule has 9 N–H and O–H groups in total. The van der Waals surface area contributed by atoms with Crippen LogP contribution in [-0.4, -0.2) is 5.84 Å². The molecular weight excluding hydrogens is 300 g/mol. The largest absolute Gasteiger partial charge is 0.403 e. The molecule has 124 valence electrons. The van der Waals surface area contributed by atoms with Crippen LogP contribution in [0, 0.1) is 6.92 Å². The number of allylic oxidation sites excluding steroid dienone is 1. The summed E-state index contributed by atoms with van der Waals surface area (Å²) in [5.74, 6) is 0.459. The number of nitrogens with one attached hydrogen (secondary N) is 1. The summed E-state index contributed by atoms with van der Waals surface area (Å²) in [5, 5.41) is 3.16. The standard InChI is InChI=1S/C18H22N6/c1-12-6-8-13(9-7-12)23-14(11-19)10-17(21)24-18(22)15-4-2-3-5-16(15)20/h2-11,23H,19-21H2,1H3,(H2,22,24)/b14-11+,17-10?. The van der Waals surface area contributed by atoms with E-state index in [2.05, 4.69) is 10.3 Å². The molecule has 0 aliphatic heterocycles. The molecule has 2 aromatic rings. The number of aryl methyl sites for hydroxylation is 1. The number of benzene rings is 2. The van der Waals surface area contributed by atoms with Crippen molar-refractivity contribution < 1.29 is 0 Å². The molecule has 0 aliphatic carbocycles. The van der Waals surface area contributed by atoms with Gasteiger partial charge in [0.25, 0.3) is 0 Å². The van der Waals surface area contributed by atoms with Crippen LogP contribution in [0.5, 0.6) is 0 Å². The fourth-order valence-corrected chi connectivity index (χ4v) is 2.05.